The zero-order valence-corrected chi connectivity index (χ0v) is 17.2. The van der Waals surface area contributed by atoms with Gasteiger partial charge in [-0.15, -0.1) is 0 Å². The minimum Gasteiger partial charge on any atom is -0.508 e. The van der Waals surface area contributed by atoms with Crippen LogP contribution in [0.2, 0.25) is 0 Å². The van der Waals surface area contributed by atoms with Gasteiger partial charge in [0, 0.05) is 11.1 Å². The lowest BCUT2D eigenvalue weighted by Crippen LogP contribution is -2.36. The standard InChI is InChI=1S/C28H24O2/c1-18-11-13-24(26(29)15-18)28(25-14-12-19(2)16-27(25)30)22-9-5-3-7-20(22)17-21-8-4-6-10-23(21)28/h3-16,29-30H,17H2,1-2H3. The number of hydrogen-bond acceptors (Lipinski definition) is 2. The zero-order valence-electron chi connectivity index (χ0n) is 17.2. The summed E-state index contributed by atoms with van der Waals surface area (Å²) in [5.41, 5.74) is 7.37. The van der Waals surface area contributed by atoms with Crippen LogP contribution >= 0.6 is 0 Å². The number of benzene rings is 4. The molecule has 1 aliphatic rings. The van der Waals surface area contributed by atoms with Crippen LogP contribution in [0.4, 0.5) is 0 Å². The molecule has 0 fully saturated rings. The number of phenols is 2. The quantitative estimate of drug-likeness (QED) is 0.387. The second-order valence-electron chi connectivity index (χ2n) is 8.28. The van der Waals surface area contributed by atoms with Crippen molar-refractivity contribution in [1.29, 1.82) is 0 Å². The average molecular weight is 392 g/mol. The molecule has 2 nitrogen and oxygen atoms in total. The van der Waals surface area contributed by atoms with Gasteiger partial charge in [-0.3, -0.25) is 0 Å². The first-order valence-corrected chi connectivity index (χ1v) is 10.3. The fraction of sp³-hybridized carbons (Fsp3) is 0.143. The van der Waals surface area contributed by atoms with Crippen molar-refractivity contribution in [2.75, 3.05) is 0 Å². The van der Waals surface area contributed by atoms with Gasteiger partial charge in [0.1, 0.15) is 11.5 Å². The molecule has 0 aromatic heterocycles. The monoisotopic (exact) mass is 392 g/mol. The number of hydrogen-bond donors (Lipinski definition) is 2. The second-order valence-corrected chi connectivity index (χ2v) is 8.28. The third-order valence-corrected chi connectivity index (χ3v) is 6.34. The Balaban J connectivity index is 2.01. The Morgan fingerprint density at radius 2 is 1.00 bits per heavy atom. The molecule has 4 aromatic carbocycles. The SMILES string of the molecule is Cc1ccc(C2(c3ccc(C)cc3O)c3ccccc3Cc3ccccc32)c(O)c1. The van der Waals surface area contributed by atoms with E-state index in [1.807, 2.05) is 62.4 Å². The van der Waals surface area contributed by atoms with Crippen LogP contribution in [-0.4, -0.2) is 10.2 Å². The van der Waals surface area contributed by atoms with E-state index in [0.717, 1.165) is 39.8 Å². The fourth-order valence-electron chi connectivity index (χ4n) is 5.07. The van der Waals surface area contributed by atoms with Gasteiger partial charge in [0.15, 0.2) is 0 Å². The molecular weight excluding hydrogens is 368 g/mol. The Hall–Kier alpha value is -3.52. The molecule has 5 rings (SSSR count). The lowest BCUT2D eigenvalue weighted by molar-refractivity contribution is 0.445. The normalized spacial score (nSPS) is 14.1. The first-order valence-electron chi connectivity index (χ1n) is 10.3. The first-order chi connectivity index (χ1) is 14.5. The van der Waals surface area contributed by atoms with Crippen LogP contribution in [0.5, 0.6) is 11.5 Å². The lowest BCUT2D eigenvalue weighted by atomic mass is 9.59. The van der Waals surface area contributed by atoms with E-state index in [0.29, 0.717) is 0 Å². The number of rotatable bonds is 2. The van der Waals surface area contributed by atoms with Gasteiger partial charge in [-0.05, 0) is 65.8 Å². The molecule has 0 bridgehead atoms. The minimum absolute atomic E-state index is 0.237. The maximum Gasteiger partial charge on any atom is 0.120 e. The summed E-state index contributed by atoms with van der Waals surface area (Å²) in [5.74, 6) is 0.475. The molecule has 0 amide bonds. The van der Waals surface area contributed by atoms with Gasteiger partial charge in [-0.1, -0.05) is 72.8 Å². The molecule has 30 heavy (non-hydrogen) atoms. The van der Waals surface area contributed by atoms with E-state index in [9.17, 15) is 10.2 Å². The van der Waals surface area contributed by atoms with Crippen molar-refractivity contribution in [3.63, 3.8) is 0 Å². The van der Waals surface area contributed by atoms with Crippen molar-refractivity contribution in [2.24, 2.45) is 0 Å². The third kappa shape index (κ3) is 2.57. The van der Waals surface area contributed by atoms with Crippen LogP contribution in [0, 0.1) is 13.8 Å². The molecular formula is C28H24O2. The van der Waals surface area contributed by atoms with Crippen molar-refractivity contribution >= 4 is 0 Å². The van der Waals surface area contributed by atoms with E-state index in [1.165, 1.54) is 11.1 Å². The molecule has 2 heteroatoms. The Bertz CT molecular complexity index is 1170. The highest BCUT2D eigenvalue weighted by Crippen LogP contribution is 2.54. The van der Waals surface area contributed by atoms with E-state index in [2.05, 4.69) is 36.4 Å². The van der Waals surface area contributed by atoms with E-state index >= 15 is 0 Å². The molecule has 0 saturated carbocycles. The Morgan fingerprint density at radius 3 is 1.43 bits per heavy atom. The van der Waals surface area contributed by atoms with Crippen LogP contribution in [0.3, 0.4) is 0 Å². The fourth-order valence-corrected chi connectivity index (χ4v) is 5.07. The maximum absolute atomic E-state index is 11.2. The average Bonchev–Trinajstić information content (AvgIpc) is 2.73. The largest absolute Gasteiger partial charge is 0.508 e. The zero-order chi connectivity index (χ0) is 20.9. The third-order valence-electron chi connectivity index (χ3n) is 6.34. The van der Waals surface area contributed by atoms with Crippen molar-refractivity contribution in [1.82, 2.24) is 0 Å². The lowest BCUT2D eigenvalue weighted by Gasteiger charge is -2.42. The highest BCUT2D eigenvalue weighted by Gasteiger charge is 2.46. The molecule has 0 spiro atoms. The van der Waals surface area contributed by atoms with Gasteiger partial charge in [-0.2, -0.15) is 0 Å². The maximum atomic E-state index is 11.2. The molecule has 0 radical (unpaired) electrons. The van der Waals surface area contributed by atoms with Gasteiger partial charge in [-0.25, -0.2) is 0 Å². The van der Waals surface area contributed by atoms with E-state index in [1.54, 1.807) is 0 Å². The molecule has 0 saturated heterocycles. The summed E-state index contributed by atoms with van der Waals surface area (Å²) in [5, 5.41) is 22.4. The van der Waals surface area contributed by atoms with Crippen molar-refractivity contribution in [3.8, 4) is 11.5 Å². The first kappa shape index (κ1) is 18.5. The molecule has 1 aliphatic carbocycles. The van der Waals surface area contributed by atoms with Crippen LogP contribution in [-0.2, 0) is 11.8 Å². The molecule has 0 unspecified atom stereocenters. The Morgan fingerprint density at radius 1 is 0.567 bits per heavy atom. The van der Waals surface area contributed by atoms with E-state index < -0.39 is 5.41 Å². The summed E-state index contributed by atoms with van der Waals surface area (Å²) in [6.45, 7) is 3.95. The number of phenolic OH excluding ortho intramolecular Hbond substituents is 2. The van der Waals surface area contributed by atoms with Gasteiger partial charge >= 0.3 is 0 Å². The van der Waals surface area contributed by atoms with Crippen LogP contribution in [0.25, 0.3) is 0 Å². The number of fused-ring (bicyclic) bond motifs is 2. The smallest absolute Gasteiger partial charge is 0.120 e. The van der Waals surface area contributed by atoms with Crippen LogP contribution in [0.1, 0.15) is 44.5 Å². The molecule has 148 valence electrons. The molecule has 0 heterocycles. The number of aromatic hydroxyl groups is 2. The summed E-state index contributed by atoms with van der Waals surface area (Å²) >= 11 is 0. The van der Waals surface area contributed by atoms with Crippen LogP contribution < -0.4 is 0 Å². The molecule has 4 aromatic rings. The van der Waals surface area contributed by atoms with Gasteiger partial charge in [0.2, 0.25) is 0 Å². The van der Waals surface area contributed by atoms with Gasteiger partial charge in [0.25, 0.3) is 0 Å². The minimum atomic E-state index is -0.805. The highest BCUT2D eigenvalue weighted by molar-refractivity contribution is 5.71. The second kappa shape index (κ2) is 6.77. The summed E-state index contributed by atoms with van der Waals surface area (Å²) in [6, 6.07) is 28.4. The summed E-state index contributed by atoms with van der Waals surface area (Å²) in [6.07, 6.45) is 0.827. The van der Waals surface area contributed by atoms with Gasteiger partial charge < -0.3 is 10.2 Å². The van der Waals surface area contributed by atoms with Crippen LogP contribution in [0.15, 0.2) is 84.9 Å². The number of aryl methyl sites for hydroxylation is 2. The van der Waals surface area contributed by atoms with E-state index in [-0.39, 0.29) is 11.5 Å². The summed E-state index contributed by atoms with van der Waals surface area (Å²) < 4.78 is 0. The molecule has 0 aliphatic heterocycles. The Labute approximate surface area is 177 Å². The summed E-state index contributed by atoms with van der Waals surface area (Å²) in [7, 11) is 0. The predicted octanol–water partition coefficient (Wildman–Crippen LogP) is 6.00. The van der Waals surface area contributed by atoms with Crippen molar-refractivity contribution in [2.45, 2.75) is 25.7 Å². The summed E-state index contributed by atoms with van der Waals surface area (Å²) in [4.78, 5) is 0. The topological polar surface area (TPSA) is 40.5 Å². The predicted molar refractivity (Wildman–Crippen MR) is 120 cm³/mol. The molecule has 2 N–H and O–H groups in total. The van der Waals surface area contributed by atoms with E-state index in [4.69, 9.17) is 0 Å². The highest BCUT2D eigenvalue weighted by atomic mass is 16.3. The van der Waals surface area contributed by atoms with Crippen molar-refractivity contribution in [3.05, 3.63) is 129 Å². The van der Waals surface area contributed by atoms with Crippen molar-refractivity contribution < 1.29 is 10.2 Å². The molecule has 0 atom stereocenters. The Kier molecular flexibility index (Phi) is 4.18. The van der Waals surface area contributed by atoms with Gasteiger partial charge in [0.05, 0.1) is 5.41 Å².